The van der Waals surface area contributed by atoms with Gasteiger partial charge in [-0.2, -0.15) is 11.8 Å². The molecular weight excluding hydrogens is 572 g/mol. The number of benzene rings is 1. The Bertz CT molecular complexity index is 1090. The molecule has 0 spiro atoms. The quantitative estimate of drug-likeness (QED) is 0.0719. The van der Waals surface area contributed by atoms with Crippen molar-refractivity contribution in [3.63, 3.8) is 0 Å². The maximum absolute atomic E-state index is 12.4. The summed E-state index contributed by atoms with van der Waals surface area (Å²) in [7, 11) is 0. The molecule has 0 fully saturated rings. The predicted molar refractivity (Wildman–Crippen MR) is 183 cm³/mol. The number of carbonyl (C=O) groups excluding carboxylic acids is 3. The van der Waals surface area contributed by atoms with Gasteiger partial charge in [0.1, 0.15) is 6.10 Å². The van der Waals surface area contributed by atoms with E-state index in [4.69, 9.17) is 4.74 Å². The van der Waals surface area contributed by atoms with E-state index >= 15 is 0 Å². The van der Waals surface area contributed by atoms with Gasteiger partial charge >= 0.3 is 5.97 Å². The molecule has 1 atom stereocenters. The second-order valence-electron chi connectivity index (χ2n) is 10.9. The number of amides is 2. The molecular formula is C36H52N2O5S. The summed E-state index contributed by atoms with van der Waals surface area (Å²) in [5.41, 5.74) is 0.257. The number of allylic oxidation sites excluding steroid dienone is 9. The van der Waals surface area contributed by atoms with E-state index < -0.39 is 23.4 Å². The van der Waals surface area contributed by atoms with Crippen LogP contribution in [0.15, 0.2) is 91.1 Å². The van der Waals surface area contributed by atoms with Crippen molar-refractivity contribution in [2.45, 2.75) is 77.6 Å². The monoisotopic (exact) mass is 624 g/mol. The molecule has 0 aliphatic carbocycles. The Kier molecular flexibility index (Phi) is 22.0. The summed E-state index contributed by atoms with van der Waals surface area (Å²) in [5.74, 6) is 0.489. The first-order valence-electron chi connectivity index (χ1n) is 15.5. The zero-order valence-electron chi connectivity index (χ0n) is 26.7. The summed E-state index contributed by atoms with van der Waals surface area (Å²) >= 11 is 1.74. The molecule has 44 heavy (non-hydrogen) atoms. The number of carbonyl (C=O) groups is 3. The lowest BCUT2D eigenvalue weighted by Gasteiger charge is -2.28. The summed E-state index contributed by atoms with van der Waals surface area (Å²) < 4.78 is 5.30. The highest BCUT2D eigenvalue weighted by Crippen LogP contribution is 2.21. The Labute approximate surface area is 269 Å². The summed E-state index contributed by atoms with van der Waals surface area (Å²) in [6, 6.07) is 10.1. The van der Waals surface area contributed by atoms with E-state index in [1.54, 1.807) is 31.7 Å². The van der Waals surface area contributed by atoms with Gasteiger partial charge in [0.25, 0.3) is 0 Å². The highest BCUT2D eigenvalue weighted by atomic mass is 32.2. The van der Waals surface area contributed by atoms with Crippen LogP contribution in [0.3, 0.4) is 0 Å². The summed E-state index contributed by atoms with van der Waals surface area (Å²) in [4.78, 5) is 36.6. The molecule has 1 aromatic carbocycles. The van der Waals surface area contributed by atoms with Crippen LogP contribution in [-0.4, -0.2) is 54.4 Å². The molecule has 0 aromatic heterocycles. The van der Waals surface area contributed by atoms with Crippen LogP contribution in [0.5, 0.6) is 0 Å². The normalized spacial score (nSPS) is 13.0. The van der Waals surface area contributed by atoms with Crippen LogP contribution in [0.2, 0.25) is 0 Å². The largest absolute Gasteiger partial charge is 0.465 e. The fraction of sp³-hybridized carbons (Fsp3) is 0.472. The Morgan fingerprint density at radius 2 is 1.41 bits per heavy atom. The Morgan fingerprint density at radius 3 is 2.00 bits per heavy atom. The van der Waals surface area contributed by atoms with Crippen molar-refractivity contribution < 1.29 is 24.2 Å². The minimum Gasteiger partial charge on any atom is -0.465 e. The number of nitrogens with one attached hydrogen (secondary N) is 2. The minimum absolute atomic E-state index is 0.105. The van der Waals surface area contributed by atoms with E-state index in [1.165, 1.54) is 5.56 Å². The van der Waals surface area contributed by atoms with Crippen molar-refractivity contribution in [1.82, 2.24) is 10.6 Å². The molecule has 0 bridgehead atoms. The standard InChI is InChI=1S/C36H52N2O5S/c1-4-5-6-7-8-9-10-11-12-13-14-15-16-17-21-24-33(40)43-30-36(2,3)34(41)35(42)38-26-25-32(39)37-27-28-44-29-31-22-19-18-20-23-31/h5-6,8-9,11-12,14-15,17-23,34,41H,4,7,10,13,16,24-30H2,1-3H3,(H,37,39)(H,38,42). The van der Waals surface area contributed by atoms with Crippen molar-refractivity contribution in [1.29, 1.82) is 0 Å². The zero-order valence-corrected chi connectivity index (χ0v) is 27.5. The van der Waals surface area contributed by atoms with Crippen molar-refractivity contribution in [3.05, 3.63) is 96.7 Å². The van der Waals surface area contributed by atoms with Gasteiger partial charge in [0, 0.05) is 36.4 Å². The molecule has 1 rings (SSSR count). The van der Waals surface area contributed by atoms with E-state index in [0.29, 0.717) is 6.54 Å². The molecule has 0 radical (unpaired) electrons. The average molecular weight is 625 g/mol. The molecule has 242 valence electrons. The molecule has 0 aliphatic rings. The van der Waals surface area contributed by atoms with Crippen molar-refractivity contribution in [2.75, 3.05) is 25.4 Å². The molecule has 8 heteroatoms. The maximum atomic E-state index is 12.4. The van der Waals surface area contributed by atoms with Crippen LogP contribution in [0.25, 0.3) is 0 Å². The fourth-order valence-electron chi connectivity index (χ4n) is 3.70. The molecule has 1 unspecified atom stereocenters. The third kappa shape index (κ3) is 20.5. The molecule has 0 saturated carbocycles. The van der Waals surface area contributed by atoms with Crippen LogP contribution in [0.1, 0.15) is 71.3 Å². The first-order valence-corrected chi connectivity index (χ1v) is 16.7. The van der Waals surface area contributed by atoms with Gasteiger partial charge in [-0.1, -0.05) is 112 Å². The predicted octanol–water partition coefficient (Wildman–Crippen LogP) is 6.61. The SMILES string of the molecule is CCC=CCC=CCC=CCC=CCC=CCC(=O)OCC(C)(C)C(O)C(=O)NCCC(=O)NCCSCc1ccccc1. The molecule has 0 saturated heterocycles. The lowest BCUT2D eigenvalue weighted by Crippen LogP contribution is -2.47. The topological polar surface area (TPSA) is 105 Å². The Hall–Kier alpha value is -3.36. The van der Waals surface area contributed by atoms with Gasteiger partial charge in [-0.25, -0.2) is 0 Å². The van der Waals surface area contributed by atoms with E-state index in [1.807, 2.05) is 30.4 Å². The van der Waals surface area contributed by atoms with E-state index in [9.17, 15) is 19.5 Å². The van der Waals surface area contributed by atoms with Crippen LogP contribution >= 0.6 is 11.8 Å². The number of esters is 1. The summed E-state index contributed by atoms with van der Waals surface area (Å²) in [6.07, 6.45) is 24.2. The molecule has 0 heterocycles. The van der Waals surface area contributed by atoms with Gasteiger partial charge in [-0.15, -0.1) is 0 Å². The minimum atomic E-state index is -1.39. The Morgan fingerprint density at radius 1 is 0.841 bits per heavy atom. The van der Waals surface area contributed by atoms with Gasteiger partial charge in [0.2, 0.25) is 11.8 Å². The number of hydrogen-bond acceptors (Lipinski definition) is 6. The molecule has 3 N–H and O–H groups in total. The van der Waals surface area contributed by atoms with Crippen LogP contribution in [-0.2, 0) is 24.9 Å². The lowest BCUT2D eigenvalue weighted by molar-refractivity contribution is -0.152. The van der Waals surface area contributed by atoms with E-state index in [0.717, 1.165) is 43.6 Å². The third-order valence-electron chi connectivity index (χ3n) is 6.37. The van der Waals surface area contributed by atoms with Crippen LogP contribution in [0, 0.1) is 5.41 Å². The number of rotatable bonds is 23. The number of thioether (sulfide) groups is 1. The van der Waals surface area contributed by atoms with Gasteiger partial charge < -0.3 is 20.5 Å². The summed E-state index contributed by atoms with van der Waals surface area (Å²) in [5, 5.41) is 15.9. The van der Waals surface area contributed by atoms with Gasteiger partial charge in [0.05, 0.1) is 13.0 Å². The third-order valence-corrected chi connectivity index (χ3v) is 7.40. The molecule has 2 amide bonds. The molecule has 7 nitrogen and oxygen atoms in total. The van der Waals surface area contributed by atoms with Gasteiger partial charge in [-0.3, -0.25) is 14.4 Å². The van der Waals surface area contributed by atoms with Crippen LogP contribution in [0.4, 0.5) is 0 Å². The van der Waals surface area contributed by atoms with Crippen molar-refractivity contribution in [2.24, 2.45) is 5.41 Å². The zero-order chi connectivity index (χ0) is 32.3. The molecule has 1 aromatic rings. The first-order chi connectivity index (χ1) is 21.3. The van der Waals surface area contributed by atoms with Crippen LogP contribution < -0.4 is 10.6 Å². The molecule has 0 aliphatic heterocycles. The second kappa shape index (κ2) is 25.0. The van der Waals surface area contributed by atoms with E-state index in [2.05, 4.69) is 72.2 Å². The summed E-state index contributed by atoms with van der Waals surface area (Å²) in [6.45, 7) is 5.99. The number of aliphatic hydroxyl groups is 1. The highest BCUT2D eigenvalue weighted by Gasteiger charge is 2.34. The van der Waals surface area contributed by atoms with E-state index in [-0.39, 0.29) is 31.9 Å². The van der Waals surface area contributed by atoms with Gasteiger partial charge in [0.15, 0.2) is 0 Å². The maximum Gasteiger partial charge on any atom is 0.309 e. The first kappa shape index (κ1) is 38.7. The lowest BCUT2D eigenvalue weighted by atomic mass is 9.87. The van der Waals surface area contributed by atoms with Crippen molar-refractivity contribution in [3.8, 4) is 0 Å². The fourth-order valence-corrected chi connectivity index (χ4v) is 4.52. The number of aliphatic hydroxyl groups excluding tert-OH is 1. The van der Waals surface area contributed by atoms with Crippen molar-refractivity contribution >= 4 is 29.5 Å². The number of ether oxygens (including phenoxy) is 1. The van der Waals surface area contributed by atoms with Gasteiger partial charge in [-0.05, 0) is 37.7 Å². The highest BCUT2D eigenvalue weighted by molar-refractivity contribution is 7.98. The average Bonchev–Trinajstić information content (AvgIpc) is 3.01. The second-order valence-corrected chi connectivity index (χ2v) is 12.0. The smallest absolute Gasteiger partial charge is 0.309 e. The number of hydrogen-bond donors (Lipinski definition) is 3. The Balaban J connectivity index is 2.14.